The molecular weight excluding hydrogens is 647 g/mol. The Kier molecular flexibility index (Phi) is 12.7. The lowest BCUT2D eigenvalue weighted by Gasteiger charge is -2.40. The number of hydrogen-bond acceptors (Lipinski definition) is 9. The SMILES string of the molecule is COCC(=O)N(CCc1ccccc1OC)[C@@H]1CC(C(=O)NCCO)=C[C@H](Oc2c(I)cc(CO)cc2OC)[C@H]1O. The molecule has 41 heavy (non-hydrogen) atoms. The van der Waals surface area contributed by atoms with Crippen LogP contribution in [0.25, 0.3) is 0 Å². The molecule has 0 saturated carbocycles. The van der Waals surface area contributed by atoms with Gasteiger partial charge in [-0.3, -0.25) is 9.59 Å². The monoisotopic (exact) mass is 684 g/mol. The van der Waals surface area contributed by atoms with E-state index in [2.05, 4.69) is 5.32 Å². The highest BCUT2D eigenvalue weighted by molar-refractivity contribution is 14.1. The number of nitrogens with one attached hydrogen (secondary N) is 1. The van der Waals surface area contributed by atoms with Gasteiger partial charge in [0.25, 0.3) is 0 Å². The molecular formula is C29H37IN2O9. The van der Waals surface area contributed by atoms with E-state index in [9.17, 15) is 24.9 Å². The zero-order valence-electron chi connectivity index (χ0n) is 23.3. The molecule has 224 valence electrons. The summed E-state index contributed by atoms with van der Waals surface area (Å²) in [5.74, 6) is 0.546. The fourth-order valence-corrected chi connectivity index (χ4v) is 5.52. The molecule has 2 aromatic carbocycles. The number of hydrogen-bond donors (Lipinski definition) is 4. The zero-order chi connectivity index (χ0) is 29.9. The van der Waals surface area contributed by atoms with Crippen LogP contribution in [0.3, 0.4) is 0 Å². The van der Waals surface area contributed by atoms with Crippen LogP contribution < -0.4 is 19.5 Å². The number of aliphatic hydroxyl groups excluding tert-OH is 3. The average Bonchev–Trinajstić information content (AvgIpc) is 2.98. The fraction of sp³-hybridized carbons (Fsp3) is 0.448. The third-order valence-corrected chi connectivity index (χ3v) is 7.54. The van der Waals surface area contributed by atoms with Gasteiger partial charge in [-0.2, -0.15) is 0 Å². The van der Waals surface area contributed by atoms with E-state index in [-0.39, 0.29) is 45.2 Å². The molecule has 1 aliphatic rings. The molecule has 0 spiro atoms. The van der Waals surface area contributed by atoms with Gasteiger partial charge in [0.1, 0.15) is 24.6 Å². The number of benzene rings is 2. The summed E-state index contributed by atoms with van der Waals surface area (Å²) in [6, 6.07) is 9.99. The number of carbonyl (C=O) groups is 2. The van der Waals surface area contributed by atoms with Crippen molar-refractivity contribution in [2.45, 2.75) is 37.7 Å². The summed E-state index contributed by atoms with van der Waals surface area (Å²) in [4.78, 5) is 27.9. The van der Waals surface area contributed by atoms with Crippen molar-refractivity contribution < 1.29 is 43.9 Å². The third-order valence-electron chi connectivity index (χ3n) is 6.74. The molecule has 0 bridgehead atoms. The van der Waals surface area contributed by atoms with E-state index in [1.165, 1.54) is 25.2 Å². The molecule has 11 nitrogen and oxygen atoms in total. The van der Waals surface area contributed by atoms with Crippen molar-refractivity contribution in [1.29, 1.82) is 0 Å². The number of ether oxygens (including phenoxy) is 4. The van der Waals surface area contributed by atoms with Gasteiger partial charge in [-0.1, -0.05) is 18.2 Å². The van der Waals surface area contributed by atoms with Gasteiger partial charge in [-0.25, -0.2) is 0 Å². The Morgan fingerprint density at radius 3 is 2.49 bits per heavy atom. The maximum Gasteiger partial charge on any atom is 0.248 e. The highest BCUT2D eigenvalue weighted by Gasteiger charge is 2.41. The smallest absolute Gasteiger partial charge is 0.248 e. The van der Waals surface area contributed by atoms with Crippen molar-refractivity contribution in [3.8, 4) is 17.2 Å². The first-order chi connectivity index (χ1) is 19.8. The van der Waals surface area contributed by atoms with Crippen LogP contribution in [-0.2, 0) is 27.4 Å². The Bertz CT molecular complexity index is 1220. The van der Waals surface area contributed by atoms with E-state index in [1.807, 2.05) is 46.9 Å². The molecule has 2 amide bonds. The second kappa shape index (κ2) is 15.9. The predicted molar refractivity (Wildman–Crippen MR) is 159 cm³/mol. The number of rotatable bonds is 14. The summed E-state index contributed by atoms with van der Waals surface area (Å²) >= 11 is 2.05. The molecule has 0 fully saturated rings. The summed E-state index contributed by atoms with van der Waals surface area (Å²) in [6.45, 7) is -0.393. The Morgan fingerprint density at radius 1 is 1.10 bits per heavy atom. The van der Waals surface area contributed by atoms with Gasteiger partial charge in [0, 0.05) is 32.2 Å². The van der Waals surface area contributed by atoms with Crippen LogP contribution in [0.1, 0.15) is 17.5 Å². The zero-order valence-corrected chi connectivity index (χ0v) is 25.5. The molecule has 0 saturated heterocycles. The molecule has 0 aliphatic heterocycles. The molecule has 3 atom stereocenters. The third kappa shape index (κ3) is 8.32. The number of aliphatic hydroxyl groups is 3. The largest absolute Gasteiger partial charge is 0.496 e. The van der Waals surface area contributed by atoms with Gasteiger partial charge < -0.3 is 44.5 Å². The highest BCUT2D eigenvalue weighted by atomic mass is 127. The predicted octanol–water partition coefficient (Wildman–Crippen LogP) is 1.43. The van der Waals surface area contributed by atoms with E-state index in [4.69, 9.17) is 18.9 Å². The Balaban J connectivity index is 2.00. The number of amides is 2. The maximum atomic E-state index is 13.3. The first-order valence-corrected chi connectivity index (χ1v) is 14.2. The minimum Gasteiger partial charge on any atom is -0.496 e. The minimum absolute atomic E-state index is 0.0450. The topological polar surface area (TPSA) is 147 Å². The molecule has 3 rings (SSSR count). The Labute approximate surface area is 253 Å². The fourth-order valence-electron chi connectivity index (χ4n) is 4.73. The quantitative estimate of drug-likeness (QED) is 0.217. The van der Waals surface area contributed by atoms with E-state index < -0.39 is 24.2 Å². The second-order valence-corrected chi connectivity index (χ2v) is 10.5. The van der Waals surface area contributed by atoms with Crippen molar-refractivity contribution in [1.82, 2.24) is 10.2 Å². The Hall–Kier alpha value is -2.91. The van der Waals surface area contributed by atoms with Gasteiger partial charge >= 0.3 is 0 Å². The molecule has 2 aromatic rings. The summed E-state index contributed by atoms with van der Waals surface area (Å²) in [7, 11) is 4.45. The van der Waals surface area contributed by atoms with E-state index in [0.717, 1.165) is 5.56 Å². The van der Waals surface area contributed by atoms with Crippen LogP contribution in [0, 0.1) is 3.57 Å². The lowest BCUT2D eigenvalue weighted by Crippen LogP contribution is -2.56. The van der Waals surface area contributed by atoms with Crippen LogP contribution in [0.2, 0.25) is 0 Å². The van der Waals surface area contributed by atoms with Crippen molar-refractivity contribution in [2.75, 3.05) is 47.6 Å². The summed E-state index contributed by atoms with van der Waals surface area (Å²) in [5.41, 5.74) is 1.79. The van der Waals surface area contributed by atoms with Gasteiger partial charge in [0.15, 0.2) is 11.5 Å². The molecule has 0 heterocycles. The number of nitrogens with zero attached hydrogens (tertiary/aromatic N) is 1. The van der Waals surface area contributed by atoms with E-state index in [1.54, 1.807) is 19.2 Å². The van der Waals surface area contributed by atoms with Crippen molar-refractivity contribution >= 4 is 34.4 Å². The standard InChI is InChI=1S/C29H37IN2O9/c1-38-17-26(35)32(10-8-19-6-4-5-7-23(19)39-2)22-14-20(29(37)31-9-11-33)15-24(27(22)36)41-28-21(30)12-18(16-34)13-25(28)40-3/h4-7,12-13,15,22,24,27,33-34,36H,8-11,14,16-17H2,1-3H3,(H,31,37)/t22-,24+,27+/m1/s1. The highest BCUT2D eigenvalue weighted by Crippen LogP contribution is 2.37. The van der Waals surface area contributed by atoms with Crippen molar-refractivity contribution in [3.63, 3.8) is 0 Å². The van der Waals surface area contributed by atoms with Crippen LogP contribution in [0.5, 0.6) is 17.2 Å². The average molecular weight is 685 g/mol. The van der Waals surface area contributed by atoms with Crippen LogP contribution >= 0.6 is 22.6 Å². The molecule has 0 unspecified atom stereocenters. The van der Waals surface area contributed by atoms with Gasteiger partial charge in [-0.05, 0) is 64.4 Å². The molecule has 4 N–H and O–H groups in total. The lowest BCUT2D eigenvalue weighted by atomic mass is 9.88. The van der Waals surface area contributed by atoms with Gasteiger partial charge in [0.2, 0.25) is 11.8 Å². The number of carbonyl (C=O) groups excluding carboxylic acids is 2. The first kappa shape index (κ1) is 32.6. The van der Waals surface area contributed by atoms with Crippen LogP contribution in [0.4, 0.5) is 0 Å². The second-order valence-electron chi connectivity index (χ2n) is 9.37. The number of para-hydroxylation sites is 1. The maximum absolute atomic E-state index is 13.3. The molecule has 0 aromatic heterocycles. The summed E-state index contributed by atoms with van der Waals surface area (Å²) < 4.78 is 23.0. The van der Waals surface area contributed by atoms with Gasteiger partial charge in [0.05, 0.1) is 37.0 Å². The summed E-state index contributed by atoms with van der Waals surface area (Å²) in [5, 5.41) is 33.1. The van der Waals surface area contributed by atoms with Crippen molar-refractivity contribution in [2.24, 2.45) is 0 Å². The number of methoxy groups -OCH3 is 3. The van der Waals surface area contributed by atoms with Crippen LogP contribution in [0.15, 0.2) is 48.0 Å². The normalized spacial score (nSPS) is 18.3. The van der Waals surface area contributed by atoms with E-state index >= 15 is 0 Å². The summed E-state index contributed by atoms with van der Waals surface area (Å²) in [6.07, 6.45) is -0.242. The molecule has 0 radical (unpaired) electrons. The van der Waals surface area contributed by atoms with E-state index in [0.29, 0.717) is 38.4 Å². The lowest BCUT2D eigenvalue weighted by molar-refractivity contribution is -0.142. The Morgan fingerprint density at radius 2 is 1.83 bits per heavy atom. The molecule has 12 heteroatoms. The minimum atomic E-state index is -1.22. The van der Waals surface area contributed by atoms with Crippen molar-refractivity contribution in [3.05, 3.63) is 62.7 Å². The number of halogens is 1. The first-order valence-electron chi connectivity index (χ1n) is 13.1. The van der Waals surface area contributed by atoms with Crippen LogP contribution in [-0.4, -0.2) is 97.9 Å². The molecule has 1 aliphatic carbocycles. The van der Waals surface area contributed by atoms with Gasteiger partial charge in [-0.15, -0.1) is 0 Å².